The molecular formula is C16H16ClN. The Hall–Kier alpha value is -1.31. The van der Waals surface area contributed by atoms with Gasteiger partial charge in [0.1, 0.15) is 0 Å². The largest absolute Gasteiger partial charge is 0.324 e. The van der Waals surface area contributed by atoms with Gasteiger partial charge < -0.3 is 5.73 Å². The van der Waals surface area contributed by atoms with Crippen LogP contribution in [0, 0.1) is 5.92 Å². The molecule has 1 aliphatic rings. The van der Waals surface area contributed by atoms with E-state index in [1.807, 2.05) is 18.2 Å². The molecule has 0 saturated heterocycles. The number of nitrogens with two attached hydrogens (primary N) is 1. The number of fused-ring (bicyclic) bond motifs is 1. The van der Waals surface area contributed by atoms with Gasteiger partial charge in [0, 0.05) is 11.1 Å². The van der Waals surface area contributed by atoms with E-state index in [1.165, 1.54) is 11.1 Å². The van der Waals surface area contributed by atoms with Crippen LogP contribution in [0.3, 0.4) is 0 Å². The smallest absolute Gasteiger partial charge is 0.0409 e. The van der Waals surface area contributed by atoms with Crippen molar-refractivity contribution in [3.63, 3.8) is 0 Å². The molecule has 0 spiro atoms. The van der Waals surface area contributed by atoms with Gasteiger partial charge in [-0.05, 0) is 47.6 Å². The number of benzene rings is 2. The minimum atomic E-state index is 0.0658. The first-order valence-electron chi connectivity index (χ1n) is 6.32. The zero-order valence-electron chi connectivity index (χ0n) is 10.1. The van der Waals surface area contributed by atoms with E-state index in [0.717, 1.165) is 23.4 Å². The summed E-state index contributed by atoms with van der Waals surface area (Å²) in [4.78, 5) is 0. The lowest BCUT2D eigenvalue weighted by molar-refractivity contribution is 0.454. The predicted molar refractivity (Wildman–Crippen MR) is 75.7 cm³/mol. The SMILES string of the molecule is NC(c1cccc(Cl)c1)C1Cc2ccccc2C1. The molecule has 0 aromatic heterocycles. The monoisotopic (exact) mass is 257 g/mol. The van der Waals surface area contributed by atoms with Gasteiger partial charge in [0.2, 0.25) is 0 Å². The average Bonchev–Trinajstić information content (AvgIpc) is 2.81. The Morgan fingerprint density at radius 1 is 1.00 bits per heavy atom. The average molecular weight is 258 g/mol. The molecule has 0 amide bonds. The molecule has 0 aliphatic heterocycles. The van der Waals surface area contributed by atoms with E-state index in [4.69, 9.17) is 17.3 Å². The van der Waals surface area contributed by atoms with Crippen molar-refractivity contribution < 1.29 is 0 Å². The maximum Gasteiger partial charge on any atom is 0.0409 e. The first-order chi connectivity index (χ1) is 8.74. The molecular weight excluding hydrogens is 242 g/mol. The summed E-state index contributed by atoms with van der Waals surface area (Å²) < 4.78 is 0. The highest BCUT2D eigenvalue weighted by Gasteiger charge is 2.27. The van der Waals surface area contributed by atoms with Gasteiger partial charge in [0.25, 0.3) is 0 Å². The second kappa shape index (κ2) is 4.75. The molecule has 0 bridgehead atoms. The fourth-order valence-electron chi connectivity index (χ4n) is 2.83. The van der Waals surface area contributed by atoms with E-state index in [9.17, 15) is 0 Å². The number of rotatable bonds is 2. The normalized spacial score (nSPS) is 16.6. The van der Waals surface area contributed by atoms with Gasteiger partial charge in [0.15, 0.2) is 0 Å². The van der Waals surface area contributed by atoms with Crippen LogP contribution in [-0.4, -0.2) is 0 Å². The molecule has 1 nitrogen and oxygen atoms in total. The molecule has 2 aromatic rings. The van der Waals surface area contributed by atoms with Gasteiger partial charge in [-0.1, -0.05) is 48.0 Å². The summed E-state index contributed by atoms with van der Waals surface area (Å²) in [7, 11) is 0. The standard InChI is InChI=1S/C16H16ClN/c17-15-7-3-6-13(10-15)16(18)14-8-11-4-1-2-5-12(11)9-14/h1-7,10,14,16H,8-9,18H2. The summed E-state index contributed by atoms with van der Waals surface area (Å²) in [6.07, 6.45) is 2.15. The maximum atomic E-state index is 6.39. The van der Waals surface area contributed by atoms with Gasteiger partial charge in [0.05, 0.1) is 0 Å². The molecule has 1 atom stereocenters. The van der Waals surface area contributed by atoms with Crippen molar-refractivity contribution in [2.45, 2.75) is 18.9 Å². The van der Waals surface area contributed by atoms with Crippen molar-refractivity contribution in [3.05, 3.63) is 70.2 Å². The van der Waals surface area contributed by atoms with E-state index >= 15 is 0 Å². The van der Waals surface area contributed by atoms with Gasteiger partial charge in [-0.2, -0.15) is 0 Å². The lowest BCUT2D eigenvalue weighted by atomic mass is 9.91. The Balaban J connectivity index is 1.82. The Labute approximate surface area is 113 Å². The van der Waals surface area contributed by atoms with E-state index < -0.39 is 0 Å². The van der Waals surface area contributed by atoms with Crippen LogP contribution in [0.25, 0.3) is 0 Å². The quantitative estimate of drug-likeness (QED) is 0.871. The van der Waals surface area contributed by atoms with Crippen LogP contribution in [-0.2, 0) is 12.8 Å². The summed E-state index contributed by atoms with van der Waals surface area (Å²) in [6.45, 7) is 0. The van der Waals surface area contributed by atoms with Gasteiger partial charge in [-0.3, -0.25) is 0 Å². The third kappa shape index (κ3) is 2.16. The van der Waals surface area contributed by atoms with Crippen molar-refractivity contribution in [1.29, 1.82) is 0 Å². The van der Waals surface area contributed by atoms with Crippen LogP contribution < -0.4 is 5.73 Å². The predicted octanol–water partition coefficient (Wildman–Crippen LogP) is 3.75. The summed E-state index contributed by atoms with van der Waals surface area (Å²) >= 11 is 6.03. The Bertz CT molecular complexity index is 540. The second-order valence-electron chi connectivity index (χ2n) is 5.02. The van der Waals surface area contributed by atoms with Gasteiger partial charge in [-0.15, -0.1) is 0 Å². The number of hydrogen-bond donors (Lipinski definition) is 1. The highest BCUT2D eigenvalue weighted by Crippen LogP contribution is 2.34. The fourth-order valence-corrected chi connectivity index (χ4v) is 3.03. The second-order valence-corrected chi connectivity index (χ2v) is 5.45. The van der Waals surface area contributed by atoms with Crippen LogP contribution in [0.15, 0.2) is 48.5 Å². The number of hydrogen-bond acceptors (Lipinski definition) is 1. The highest BCUT2D eigenvalue weighted by molar-refractivity contribution is 6.30. The molecule has 1 aliphatic carbocycles. The van der Waals surface area contributed by atoms with E-state index in [0.29, 0.717) is 5.92 Å². The molecule has 0 radical (unpaired) electrons. The molecule has 2 aromatic carbocycles. The maximum absolute atomic E-state index is 6.39. The molecule has 0 heterocycles. The van der Waals surface area contributed by atoms with Crippen LogP contribution in [0.5, 0.6) is 0 Å². The van der Waals surface area contributed by atoms with Crippen molar-refractivity contribution in [2.75, 3.05) is 0 Å². The van der Waals surface area contributed by atoms with Crippen LogP contribution >= 0.6 is 11.6 Å². The van der Waals surface area contributed by atoms with Gasteiger partial charge >= 0.3 is 0 Å². The van der Waals surface area contributed by atoms with Crippen molar-refractivity contribution in [1.82, 2.24) is 0 Å². The third-order valence-electron chi connectivity index (χ3n) is 3.82. The lowest BCUT2D eigenvalue weighted by Crippen LogP contribution is -2.21. The summed E-state index contributed by atoms with van der Waals surface area (Å²) in [6, 6.07) is 16.6. The van der Waals surface area contributed by atoms with E-state index in [-0.39, 0.29) is 6.04 Å². The summed E-state index contributed by atoms with van der Waals surface area (Å²) in [5, 5.41) is 0.762. The van der Waals surface area contributed by atoms with Crippen molar-refractivity contribution in [3.8, 4) is 0 Å². The van der Waals surface area contributed by atoms with Crippen molar-refractivity contribution in [2.24, 2.45) is 11.7 Å². The van der Waals surface area contributed by atoms with Crippen molar-refractivity contribution >= 4 is 11.6 Å². The molecule has 0 saturated carbocycles. The lowest BCUT2D eigenvalue weighted by Gasteiger charge is -2.19. The molecule has 92 valence electrons. The Morgan fingerprint density at radius 2 is 1.67 bits per heavy atom. The molecule has 0 fully saturated rings. The summed E-state index contributed by atoms with van der Waals surface area (Å²) in [5.41, 5.74) is 10.4. The highest BCUT2D eigenvalue weighted by atomic mass is 35.5. The molecule has 18 heavy (non-hydrogen) atoms. The van der Waals surface area contributed by atoms with E-state index in [1.54, 1.807) is 0 Å². The first-order valence-corrected chi connectivity index (χ1v) is 6.69. The first kappa shape index (κ1) is 11.8. The topological polar surface area (TPSA) is 26.0 Å². The van der Waals surface area contributed by atoms with E-state index in [2.05, 4.69) is 30.3 Å². The fraction of sp³-hybridized carbons (Fsp3) is 0.250. The summed E-state index contributed by atoms with van der Waals surface area (Å²) in [5.74, 6) is 0.487. The minimum Gasteiger partial charge on any atom is -0.324 e. The molecule has 2 N–H and O–H groups in total. The minimum absolute atomic E-state index is 0.0658. The molecule has 2 heteroatoms. The van der Waals surface area contributed by atoms with Crippen LogP contribution in [0.1, 0.15) is 22.7 Å². The molecule has 3 rings (SSSR count). The van der Waals surface area contributed by atoms with Crippen LogP contribution in [0.2, 0.25) is 5.02 Å². The molecule has 1 unspecified atom stereocenters. The number of halogens is 1. The zero-order chi connectivity index (χ0) is 12.5. The Kier molecular flexibility index (Phi) is 3.11. The van der Waals surface area contributed by atoms with Crippen LogP contribution in [0.4, 0.5) is 0 Å². The van der Waals surface area contributed by atoms with Gasteiger partial charge in [-0.25, -0.2) is 0 Å². The third-order valence-corrected chi connectivity index (χ3v) is 4.06. The zero-order valence-corrected chi connectivity index (χ0v) is 10.9. The Morgan fingerprint density at radius 3 is 2.28 bits per heavy atom.